The summed E-state index contributed by atoms with van der Waals surface area (Å²) in [6.07, 6.45) is 1.81. The molecule has 0 aliphatic rings. The predicted molar refractivity (Wildman–Crippen MR) is 63.2 cm³/mol. The molecule has 0 unspecified atom stereocenters. The third-order valence-corrected chi connectivity index (χ3v) is 2.32. The molecule has 0 spiro atoms. The zero-order valence-corrected chi connectivity index (χ0v) is 9.75. The molecule has 0 amide bonds. The highest BCUT2D eigenvalue weighted by Crippen LogP contribution is 2.31. The van der Waals surface area contributed by atoms with E-state index in [0.29, 0.717) is 12.3 Å². The first-order chi connectivity index (χ1) is 7.56. The molecule has 1 aromatic carbocycles. The highest BCUT2D eigenvalue weighted by atomic mass is 35.5. The van der Waals surface area contributed by atoms with E-state index in [4.69, 9.17) is 27.2 Å². The van der Waals surface area contributed by atoms with Crippen LogP contribution in [0.15, 0.2) is 12.1 Å². The minimum absolute atomic E-state index is 0.00102. The molecule has 88 valence electrons. The van der Waals surface area contributed by atoms with Gasteiger partial charge in [-0.2, -0.15) is 0 Å². The second-order valence-corrected chi connectivity index (χ2v) is 3.79. The number of anilines is 1. The molecule has 0 aliphatic carbocycles. The Morgan fingerprint density at radius 1 is 1.56 bits per heavy atom. The smallest absolute Gasteiger partial charge is 0.339 e. The largest absolute Gasteiger partial charge is 0.491 e. The van der Waals surface area contributed by atoms with Crippen LogP contribution in [0.5, 0.6) is 5.75 Å². The first-order valence-electron chi connectivity index (χ1n) is 5.01. The Morgan fingerprint density at radius 3 is 2.81 bits per heavy atom. The Morgan fingerprint density at radius 2 is 2.25 bits per heavy atom. The number of nitrogen functional groups attached to an aromatic ring is 1. The van der Waals surface area contributed by atoms with Gasteiger partial charge in [0.1, 0.15) is 5.56 Å². The lowest BCUT2D eigenvalue weighted by Gasteiger charge is -2.11. The van der Waals surface area contributed by atoms with Crippen molar-refractivity contribution in [3.8, 4) is 5.75 Å². The molecule has 0 aromatic heterocycles. The maximum absolute atomic E-state index is 11.0. The molecule has 0 saturated heterocycles. The number of aromatic carboxylic acids is 1. The quantitative estimate of drug-likeness (QED) is 0.616. The number of benzene rings is 1. The van der Waals surface area contributed by atoms with Crippen LogP contribution in [0.2, 0.25) is 5.02 Å². The Kier molecular flexibility index (Phi) is 4.43. The normalized spacial score (nSPS) is 10.1. The van der Waals surface area contributed by atoms with Gasteiger partial charge in [0.25, 0.3) is 0 Å². The molecule has 0 fully saturated rings. The van der Waals surface area contributed by atoms with E-state index in [1.54, 1.807) is 0 Å². The summed E-state index contributed by atoms with van der Waals surface area (Å²) in [7, 11) is 0. The fourth-order valence-corrected chi connectivity index (χ4v) is 1.52. The second kappa shape index (κ2) is 5.61. The van der Waals surface area contributed by atoms with Crippen LogP contribution in [0.3, 0.4) is 0 Å². The van der Waals surface area contributed by atoms with Crippen LogP contribution in [0.4, 0.5) is 5.69 Å². The summed E-state index contributed by atoms with van der Waals surface area (Å²) in [4.78, 5) is 11.0. The SMILES string of the molecule is CCCCOc1c(Cl)cc(N)cc1C(=O)O. The number of rotatable bonds is 5. The van der Waals surface area contributed by atoms with Crippen LogP contribution in [0, 0.1) is 0 Å². The van der Waals surface area contributed by atoms with Crippen LogP contribution in [-0.4, -0.2) is 17.7 Å². The van der Waals surface area contributed by atoms with Gasteiger partial charge >= 0.3 is 5.97 Å². The Bertz CT molecular complexity index is 393. The molecule has 1 aromatic rings. The van der Waals surface area contributed by atoms with Gasteiger partial charge in [-0.1, -0.05) is 24.9 Å². The number of halogens is 1. The van der Waals surface area contributed by atoms with Gasteiger partial charge in [0, 0.05) is 5.69 Å². The molecule has 0 atom stereocenters. The summed E-state index contributed by atoms with van der Waals surface area (Å²) in [5.41, 5.74) is 5.83. The molecule has 0 saturated carbocycles. The molecule has 5 heteroatoms. The van der Waals surface area contributed by atoms with Crippen molar-refractivity contribution in [1.29, 1.82) is 0 Å². The number of unbranched alkanes of at least 4 members (excludes halogenated alkanes) is 1. The average molecular weight is 244 g/mol. The van der Waals surface area contributed by atoms with E-state index in [2.05, 4.69) is 0 Å². The van der Waals surface area contributed by atoms with E-state index in [9.17, 15) is 4.79 Å². The second-order valence-electron chi connectivity index (χ2n) is 3.39. The molecule has 0 bridgehead atoms. The molecule has 0 aliphatic heterocycles. The molecular weight excluding hydrogens is 230 g/mol. The summed E-state index contributed by atoms with van der Waals surface area (Å²) < 4.78 is 5.36. The Balaban J connectivity index is 2.99. The lowest BCUT2D eigenvalue weighted by atomic mass is 10.2. The number of carboxylic acids is 1. The number of hydrogen-bond acceptors (Lipinski definition) is 3. The highest BCUT2D eigenvalue weighted by Gasteiger charge is 2.15. The standard InChI is InChI=1S/C11H14ClNO3/c1-2-3-4-16-10-8(11(14)15)5-7(13)6-9(10)12/h5-6H,2-4,13H2,1H3,(H,14,15). The fraction of sp³-hybridized carbons (Fsp3) is 0.364. The zero-order chi connectivity index (χ0) is 12.1. The van der Waals surface area contributed by atoms with Crippen LogP contribution >= 0.6 is 11.6 Å². The topological polar surface area (TPSA) is 72.5 Å². The van der Waals surface area contributed by atoms with Crippen molar-refractivity contribution in [3.63, 3.8) is 0 Å². The van der Waals surface area contributed by atoms with Gasteiger partial charge in [0.15, 0.2) is 5.75 Å². The van der Waals surface area contributed by atoms with Crippen molar-refractivity contribution in [2.45, 2.75) is 19.8 Å². The van der Waals surface area contributed by atoms with Crippen LogP contribution in [0.25, 0.3) is 0 Å². The number of carbonyl (C=O) groups is 1. The van der Waals surface area contributed by atoms with E-state index in [0.717, 1.165) is 12.8 Å². The van der Waals surface area contributed by atoms with Gasteiger partial charge in [0.2, 0.25) is 0 Å². The number of carboxylic acid groups (broad SMARTS) is 1. The van der Waals surface area contributed by atoms with Crippen molar-refractivity contribution >= 4 is 23.3 Å². The first-order valence-corrected chi connectivity index (χ1v) is 5.39. The van der Waals surface area contributed by atoms with E-state index >= 15 is 0 Å². The molecule has 4 nitrogen and oxygen atoms in total. The van der Waals surface area contributed by atoms with E-state index < -0.39 is 5.97 Å². The minimum atomic E-state index is -1.10. The monoisotopic (exact) mass is 243 g/mol. The summed E-state index contributed by atoms with van der Waals surface area (Å²) in [6, 6.07) is 2.82. The third kappa shape index (κ3) is 3.03. The summed E-state index contributed by atoms with van der Waals surface area (Å²) >= 11 is 5.89. The highest BCUT2D eigenvalue weighted by molar-refractivity contribution is 6.33. The maximum atomic E-state index is 11.0. The first kappa shape index (κ1) is 12.6. The Hall–Kier alpha value is -1.42. The fourth-order valence-electron chi connectivity index (χ4n) is 1.24. The molecular formula is C11H14ClNO3. The van der Waals surface area contributed by atoms with Gasteiger partial charge in [0.05, 0.1) is 11.6 Å². The predicted octanol–water partition coefficient (Wildman–Crippen LogP) is 2.80. The van der Waals surface area contributed by atoms with Crippen molar-refractivity contribution in [2.24, 2.45) is 0 Å². The van der Waals surface area contributed by atoms with Crippen molar-refractivity contribution in [1.82, 2.24) is 0 Å². The van der Waals surface area contributed by atoms with Gasteiger partial charge < -0.3 is 15.6 Å². The molecule has 16 heavy (non-hydrogen) atoms. The number of ether oxygens (including phenoxy) is 1. The van der Waals surface area contributed by atoms with Crippen molar-refractivity contribution < 1.29 is 14.6 Å². The van der Waals surface area contributed by atoms with Crippen LogP contribution in [-0.2, 0) is 0 Å². The summed E-state index contributed by atoms with van der Waals surface area (Å²) in [5, 5.41) is 9.21. The van der Waals surface area contributed by atoms with Gasteiger partial charge in [-0.05, 0) is 18.6 Å². The lowest BCUT2D eigenvalue weighted by molar-refractivity contribution is 0.0692. The molecule has 3 N–H and O–H groups in total. The van der Waals surface area contributed by atoms with Crippen LogP contribution < -0.4 is 10.5 Å². The molecule has 1 rings (SSSR count). The van der Waals surface area contributed by atoms with Gasteiger partial charge in [-0.25, -0.2) is 4.79 Å². The third-order valence-electron chi connectivity index (χ3n) is 2.04. The van der Waals surface area contributed by atoms with E-state index in [-0.39, 0.29) is 16.3 Å². The lowest BCUT2D eigenvalue weighted by Crippen LogP contribution is -2.06. The average Bonchev–Trinajstić information content (AvgIpc) is 2.20. The van der Waals surface area contributed by atoms with Gasteiger partial charge in [-0.3, -0.25) is 0 Å². The van der Waals surface area contributed by atoms with E-state index in [1.165, 1.54) is 12.1 Å². The van der Waals surface area contributed by atoms with Crippen molar-refractivity contribution in [2.75, 3.05) is 12.3 Å². The minimum Gasteiger partial charge on any atom is -0.491 e. The maximum Gasteiger partial charge on any atom is 0.339 e. The van der Waals surface area contributed by atoms with E-state index in [1.807, 2.05) is 6.92 Å². The Labute approximate surface area is 99.0 Å². The summed E-state index contributed by atoms with van der Waals surface area (Å²) in [5.74, 6) is -0.905. The molecule has 0 heterocycles. The number of nitrogens with two attached hydrogens (primary N) is 1. The van der Waals surface area contributed by atoms with Crippen molar-refractivity contribution in [3.05, 3.63) is 22.7 Å². The number of hydrogen-bond donors (Lipinski definition) is 2. The van der Waals surface area contributed by atoms with Crippen LogP contribution in [0.1, 0.15) is 30.1 Å². The summed E-state index contributed by atoms with van der Waals surface area (Å²) in [6.45, 7) is 2.46. The zero-order valence-electron chi connectivity index (χ0n) is 9.00. The molecule has 0 radical (unpaired) electrons. The van der Waals surface area contributed by atoms with Gasteiger partial charge in [-0.15, -0.1) is 0 Å².